The van der Waals surface area contributed by atoms with Crippen LogP contribution in [0.25, 0.3) is 32.4 Å². The van der Waals surface area contributed by atoms with E-state index in [1.807, 2.05) is 12.3 Å². The first-order chi connectivity index (χ1) is 13.3. The Bertz CT molecular complexity index is 1260. The maximum atomic E-state index is 13.4. The van der Waals surface area contributed by atoms with Crippen LogP contribution in [0.1, 0.15) is 5.01 Å². The Hall–Kier alpha value is -2.42. The second-order valence-corrected chi connectivity index (χ2v) is 10.3. The van der Waals surface area contributed by atoms with Gasteiger partial charge in [-0.05, 0) is 37.3 Å². The number of halogens is 1. The number of aromatic nitrogens is 2. The van der Waals surface area contributed by atoms with Gasteiger partial charge in [0.2, 0.25) is 0 Å². The molecule has 0 bridgehead atoms. The van der Waals surface area contributed by atoms with Crippen molar-refractivity contribution in [3.05, 3.63) is 64.7 Å². The van der Waals surface area contributed by atoms with Crippen LogP contribution in [0.5, 0.6) is 0 Å². The summed E-state index contributed by atoms with van der Waals surface area (Å²) >= 11 is 2.91. The van der Waals surface area contributed by atoms with Gasteiger partial charge in [-0.15, -0.1) is 22.7 Å². The maximum Gasteiger partial charge on any atom is 0.176 e. The molecule has 8 heteroatoms. The second kappa shape index (κ2) is 7.20. The number of hydrogen-bond donors (Lipinski definition) is 0. The summed E-state index contributed by atoms with van der Waals surface area (Å²) in [6.07, 6.45) is 1.19. The van der Waals surface area contributed by atoms with E-state index >= 15 is 0 Å². The van der Waals surface area contributed by atoms with E-state index in [0.717, 1.165) is 10.7 Å². The number of nitrogens with zero attached hydrogens (tertiary/aromatic N) is 2. The summed E-state index contributed by atoms with van der Waals surface area (Å²) in [5.74, 6) is -0.340. The van der Waals surface area contributed by atoms with Gasteiger partial charge >= 0.3 is 0 Å². The molecule has 0 unspecified atom stereocenters. The molecule has 28 heavy (non-hydrogen) atoms. The molecule has 0 radical (unpaired) electrons. The van der Waals surface area contributed by atoms with Crippen molar-refractivity contribution in [2.75, 3.05) is 6.26 Å². The summed E-state index contributed by atoms with van der Waals surface area (Å²) in [6.45, 7) is 1.92. The van der Waals surface area contributed by atoms with Gasteiger partial charge in [-0.1, -0.05) is 18.2 Å². The van der Waals surface area contributed by atoms with Crippen LogP contribution in [0, 0.1) is 12.7 Å². The fourth-order valence-electron chi connectivity index (χ4n) is 2.85. The molecule has 0 saturated carbocycles. The van der Waals surface area contributed by atoms with Crippen LogP contribution in [-0.2, 0) is 9.84 Å². The number of rotatable bonds is 4. The first-order valence-electron chi connectivity index (χ1n) is 8.31. The van der Waals surface area contributed by atoms with Crippen LogP contribution in [-0.4, -0.2) is 24.6 Å². The normalized spacial score (nSPS) is 11.7. The van der Waals surface area contributed by atoms with Crippen LogP contribution in [0.4, 0.5) is 4.39 Å². The minimum atomic E-state index is -3.43. The van der Waals surface area contributed by atoms with Gasteiger partial charge in [0, 0.05) is 22.8 Å². The number of benzene rings is 2. The average Bonchev–Trinajstić information content (AvgIpc) is 3.28. The van der Waals surface area contributed by atoms with Gasteiger partial charge in [0.15, 0.2) is 9.84 Å². The Morgan fingerprint density at radius 3 is 2.36 bits per heavy atom. The fourth-order valence-corrected chi connectivity index (χ4v) is 5.57. The highest BCUT2D eigenvalue weighted by atomic mass is 32.2. The molecule has 2 heterocycles. The van der Waals surface area contributed by atoms with Gasteiger partial charge in [0.1, 0.15) is 16.5 Å². The zero-order chi connectivity index (χ0) is 19.9. The van der Waals surface area contributed by atoms with E-state index in [4.69, 9.17) is 4.98 Å². The Kier molecular flexibility index (Phi) is 4.86. The molecule has 0 saturated heterocycles. The molecule has 0 fully saturated rings. The molecule has 0 aliphatic rings. The van der Waals surface area contributed by atoms with Gasteiger partial charge in [0.05, 0.1) is 20.5 Å². The van der Waals surface area contributed by atoms with Crippen molar-refractivity contribution < 1.29 is 12.8 Å². The molecule has 4 aromatic rings. The van der Waals surface area contributed by atoms with E-state index in [9.17, 15) is 12.8 Å². The van der Waals surface area contributed by atoms with E-state index in [2.05, 4.69) is 4.98 Å². The monoisotopic (exact) mass is 430 g/mol. The van der Waals surface area contributed by atoms with Gasteiger partial charge in [-0.2, -0.15) is 0 Å². The summed E-state index contributed by atoms with van der Waals surface area (Å²) < 4.78 is 38.1. The predicted octanol–water partition coefficient (Wildman–Crippen LogP) is 5.45. The lowest BCUT2D eigenvalue weighted by atomic mass is 10.1. The lowest BCUT2D eigenvalue weighted by Gasteiger charge is -2.08. The first kappa shape index (κ1) is 18.9. The summed E-state index contributed by atoms with van der Waals surface area (Å²) in [7, 11) is -3.43. The molecule has 2 aromatic heterocycles. The lowest BCUT2D eigenvalue weighted by molar-refractivity contribution is 0.602. The zero-order valence-electron chi connectivity index (χ0n) is 15.0. The number of sulfone groups is 1. The maximum absolute atomic E-state index is 13.4. The lowest BCUT2D eigenvalue weighted by Crippen LogP contribution is -1.99. The standard InChI is InChI=1S/C20H15FN2O2S3/c1-12-22-16(11-26-12)20-23-18(13-7-9-14(21)10-8-13)19(27-20)15-5-3-4-6-17(15)28(2,24)25/h3-11H,1-2H3. The molecule has 0 N–H and O–H groups in total. The third-order valence-electron chi connectivity index (χ3n) is 4.11. The number of thiazole rings is 2. The average molecular weight is 431 g/mol. The Labute approximate surface area is 170 Å². The Morgan fingerprint density at radius 2 is 1.71 bits per heavy atom. The van der Waals surface area contributed by atoms with Crippen LogP contribution in [0.15, 0.2) is 58.8 Å². The summed E-state index contributed by atoms with van der Waals surface area (Å²) in [6, 6.07) is 12.9. The van der Waals surface area contributed by atoms with Crippen molar-refractivity contribution >= 4 is 32.5 Å². The van der Waals surface area contributed by atoms with Crippen molar-refractivity contribution in [1.82, 2.24) is 9.97 Å². The minimum Gasteiger partial charge on any atom is -0.239 e. The smallest absolute Gasteiger partial charge is 0.176 e. The largest absolute Gasteiger partial charge is 0.239 e. The van der Waals surface area contributed by atoms with Crippen LogP contribution in [0.2, 0.25) is 0 Å². The highest BCUT2D eigenvalue weighted by molar-refractivity contribution is 7.90. The molecule has 2 aromatic carbocycles. The molecule has 0 aliphatic carbocycles. The Balaban J connectivity index is 1.99. The van der Waals surface area contributed by atoms with Crippen molar-refractivity contribution in [2.24, 2.45) is 0 Å². The third kappa shape index (κ3) is 3.63. The van der Waals surface area contributed by atoms with E-state index in [1.54, 1.807) is 36.4 Å². The summed E-state index contributed by atoms with van der Waals surface area (Å²) in [5, 5.41) is 3.54. The number of aryl methyl sites for hydroxylation is 1. The highest BCUT2D eigenvalue weighted by Crippen LogP contribution is 2.42. The number of hydrogen-bond acceptors (Lipinski definition) is 6. The van der Waals surface area contributed by atoms with Crippen molar-refractivity contribution in [3.8, 4) is 32.4 Å². The van der Waals surface area contributed by atoms with E-state index in [-0.39, 0.29) is 10.7 Å². The molecule has 0 aliphatic heterocycles. The molecule has 142 valence electrons. The van der Waals surface area contributed by atoms with Crippen molar-refractivity contribution in [2.45, 2.75) is 11.8 Å². The van der Waals surface area contributed by atoms with E-state index in [0.29, 0.717) is 26.7 Å². The van der Waals surface area contributed by atoms with Crippen LogP contribution >= 0.6 is 22.7 Å². The molecular formula is C20H15FN2O2S3. The molecule has 0 amide bonds. The molecular weight excluding hydrogens is 415 g/mol. The minimum absolute atomic E-state index is 0.239. The third-order valence-corrected chi connectivity index (χ3v) is 7.15. The molecule has 4 nitrogen and oxygen atoms in total. The molecule has 0 spiro atoms. The first-order valence-corrected chi connectivity index (χ1v) is 11.9. The quantitative estimate of drug-likeness (QED) is 0.432. The van der Waals surface area contributed by atoms with Gasteiger partial charge < -0.3 is 0 Å². The zero-order valence-corrected chi connectivity index (χ0v) is 17.5. The van der Waals surface area contributed by atoms with Crippen LogP contribution < -0.4 is 0 Å². The van der Waals surface area contributed by atoms with E-state index < -0.39 is 9.84 Å². The van der Waals surface area contributed by atoms with Crippen molar-refractivity contribution in [1.29, 1.82) is 0 Å². The second-order valence-electron chi connectivity index (χ2n) is 6.22. The Morgan fingerprint density at radius 1 is 1.00 bits per heavy atom. The topological polar surface area (TPSA) is 59.9 Å². The summed E-state index contributed by atoms with van der Waals surface area (Å²) in [5.41, 5.74) is 2.66. The van der Waals surface area contributed by atoms with Gasteiger partial charge in [0.25, 0.3) is 0 Å². The molecule has 4 rings (SSSR count). The summed E-state index contributed by atoms with van der Waals surface area (Å²) in [4.78, 5) is 10.2. The SMILES string of the molecule is Cc1nc(-c2nc(-c3ccc(F)cc3)c(-c3ccccc3S(C)(=O)=O)s2)cs1. The van der Waals surface area contributed by atoms with Crippen LogP contribution in [0.3, 0.4) is 0 Å². The van der Waals surface area contributed by atoms with Gasteiger partial charge in [-0.25, -0.2) is 22.8 Å². The molecule has 0 atom stereocenters. The van der Waals surface area contributed by atoms with Gasteiger partial charge in [-0.3, -0.25) is 0 Å². The fraction of sp³-hybridized carbons (Fsp3) is 0.100. The predicted molar refractivity (Wildman–Crippen MR) is 112 cm³/mol. The van der Waals surface area contributed by atoms with E-state index in [1.165, 1.54) is 41.1 Å². The highest BCUT2D eigenvalue weighted by Gasteiger charge is 2.22. The van der Waals surface area contributed by atoms with Crippen molar-refractivity contribution in [3.63, 3.8) is 0 Å².